The Morgan fingerprint density at radius 3 is 2.29 bits per heavy atom. The standard InChI is InChI=1S/C7H6N2O5/c10-4-5-1-2-6(8(11)12)3-7(5)9(13)14/h1-3,10H,4H2. The van der Waals surface area contributed by atoms with E-state index in [0.29, 0.717) is 0 Å². The Morgan fingerprint density at radius 1 is 1.21 bits per heavy atom. The first kappa shape index (κ1) is 10.1. The molecule has 1 aromatic carbocycles. The van der Waals surface area contributed by atoms with E-state index in [1.165, 1.54) is 0 Å². The van der Waals surface area contributed by atoms with Crippen LogP contribution in [0.1, 0.15) is 5.56 Å². The van der Waals surface area contributed by atoms with Gasteiger partial charge in [-0.15, -0.1) is 0 Å². The van der Waals surface area contributed by atoms with E-state index in [1.54, 1.807) is 0 Å². The maximum Gasteiger partial charge on any atom is 0.281 e. The minimum Gasteiger partial charge on any atom is -0.391 e. The summed E-state index contributed by atoms with van der Waals surface area (Å²) in [5.41, 5.74) is -0.754. The first-order valence-corrected chi connectivity index (χ1v) is 3.59. The normalized spacial score (nSPS) is 9.79. The summed E-state index contributed by atoms with van der Waals surface area (Å²) in [6.07, 6.45) is 0. The molecule has 7 heteroatoms. The van der Waals surface area contributed by atoms with Crippen LogP contribution in [0.2, 0.25) is 0 Å². The van der Waals surface area contributed by atoms with Gasteiger partial charge >= 0.3 is 0 Å². The van der Waals surface area contributed by atoms with E-state index in [-0.39, 0.29) is 11.3 Å². The highest BCUT2D eigenvalue weighted by Crippen LogP contribution is 2.24. The molecule has 0 spiro atoms. The SMILES string of the molecule is O=[N+]([O-])c1ccc(CO)c([N+](=O)[O-])c1. The molecule has 0 aliphatic rings. The number of nitrogens with zero attached hydrogens (tertiary/aromatic N) is 2. The predicted octanol–water partition coefficient (Wildman–Crippen LogP) is 0.995. The van der Waals surface area contributed by atoms with Crippen LogP contribution in [0, 0.1) is 20.2 Å². The zero-order valence-electron chi connectivity index (χ0n) is 6.91. The van der Waals surface area contributed by atoms with Gasteiger partial charge in [0.2, 0.25) is 0 Å². The molecular formula is C7H6N2O5. The van der Waals surface area contributed by atoms with Gasteiger partial charge in [-0.05, 0) is 6.07 Å². The second-order valence-corrected chi connectivity index (χ2v) is 2.49. The lowest BCUT2D eigenvalue weighted by Crippen LogP contribution is -1.97. The van der Waals surface area contributed by atoms with Gasteiger partial charge in [0.15, 0.2) is 0 Å². The Morgan fingerprint density at radius 2 is 1.86 bits per heavy atom. The minimum absolute atomic E-state index is 0.0561. The van der Waals surface area contributed by atoms with E-state index in [2.05, 4.69) is 0 Å². The van der Waals surface area contributed by atoms with Gasteiger partial charge in [-0.25, -0.2) is 0 Å². The second-order valence-electron chi connectivity index (χ2n) is 2.49. The van der Waals surface area contributed by atoms with Crippen molar-refractivity contribution in [2.24, 2.45) is 0 Å². The number of aliphatic hydroxyl groups is 1. The molecule has 0 aromatic heterocycles. The van der Waals surface area contributed by atoms with Crippen molar-refractivity contribution in [2.45, 2.75) is 6.61 Å². The lowest BCUT2D eigenvalue weighted by molar-refractivity contribution is -0.394. The molecule has 1 aromatic rings. The third-order valence-electron chi connectivity index (χ3n) is 1.65. The molecule has 0 aliphatic carbocycles. The molecule has 0 aliphatic heterocycles. The smallest absolute Gasteiger partial charge is 0.281 e. The van der Waals surface area contributed by atoms with Crippen molar-refractivity contribution in [2.75, 3.05) is 0 Å². The first-order chi connectivity index (χ1) is 6.56. The minimum atomic E-state index is -0.765. The predicted molar refractivity (Wildman–Crippen MR) is 45.7 cm³/mol. The van der Waals surface area contributed by atoms with Crippen LogP contribution in [0.5, 0.6) is 0 Å². The largest absolute Gasteiger partial charge is 0.391 e. The molecule has 0 atom stereocenters. The maximum absolute atomic E-state index is 10.4. The van der Waals surface area contributed by atoms with Crippen LogP contribution in [-0.4, -0.2) is 15.0 Å². The Kier molecular flexibility index (Phi) is 2.73. The van der Waals surface area contributed by atoms with Gasteiger partial charge in [-0.2, -0.15) is 0 Å². The summed E-state index contributed by atoms with van der Waals surface area (Å²) in [4.78, 5) is 19.2. The number of nitro groups is 2. The average molecular weight is 198 g/mol. The van der Waals surface area contributed by atoms with E-state index in [1.807, 2.05) is 0 Å². The van der Waals surface area contributed by atoms with Crippen molar-refractivity contribution in [1.82, 2.24) is 0 Å². The molecule has 74 valence electrons. The second kappa shape index (κ2) is 3.79. The van der Waals surface area contributed by atoms with Crippen molar-refractivity contribution < 1.29 is 15.0 Å². The summed E-state index contributed by atoms with van der Waals surface area (Å²) in [6, 6.07) is 3.10. The van der Waals surface area contributed by atoms with E-state index in [4.69, 9.17) is 5.11 Å². The van der Waals surface area contributed by atoms with Gasteiger partial charge in [0.05, 0.1) is 28.1 Å². The molecule has 0 fully saturated rings. The first-order valence-electron chi connectivity index (χ1n) is 3.59. The molecule has 14 heavy (non-hydrogen) atoms. The summed E-state index contributed by atoms with van der Waals surface area (Å²) < 4.78 is 0. The fourth-order valence-electron chi connectivity index (χ4n) is 0.969. The van der Waals surface area contributed by atoms with Crippen molar-refractivity contribution in [3.8, 4) is 0 Å². The molecule has 0 heterocycles. The number of nitro benzene ring substituents is 2. The van der Waals surface area contributed by atoms with E-state index < -0.39 is 22.1 Å². The summed E-state index contributed by atoms with van der Waals surface area (Å²) in [7, 11) is 0. The number of hydrogen-bond donors (Lipinski definition) is 1. The van der Waals surface area contributed by atoms with Gasteiger partial charge in [-0.1, -0.05) is 0 Å². The van der Waals surface area contributed by atoms with E-state index in [0.717, 1.165) is 18.2 Å². The molecule has 0 radical (unpaired) electrons. The third-order valence-corrected chi connectivity index (χ3v) is 1.65. The van der Waals surface area contributed by atoms with Gasteiger partial charge in [0.1, 0.15) is 0 Å². The number of rotatable bonds is 3. The monoisotopic (exact) mass is 198 g/mol. The molecule has 0 saturated heterocycles. The molecule has 0 unspecified atom stereocenters. The lowest BCUT2D eigenvalue weighted by Gasteiger charge is -1.98. The van der Waals surface area contributed by atoms with Crippen LogP contribution in [0.15, 0.2) is 18.2 Å². The molecule has 1 rings (SSSR count). The van der Waals surface area contributed by atoms with Crippen LogP contribution < -0.4 is 0 Å². The molecule has 0 bridgehead atoms. The van der Waals surface area contributed by atoms with E-state index >= 15 is 0 Å². The van der Waals surface area contributed by atoms with Crippen LogP contribution in [0.25, 0.3) is 0 Å². The third kappa shape index (κ3) is 1.83. The van der Waals surface area contributed by atoms with E-state index in [9.17, 15) is 20.2 Å². The Labute approximate surface area is 77.9 Å². The number of benzene rings is 1. The van der Waals surface area contributed by atoms with Gasteiger partial charge in [0, 0.05) is 6.07 Å². The van der Waals surface area contributed by atoms with Gasteiger partial charge < -0.3 is 5.11 Å². The fraction of sp³-hybridized carbons (Fsp3) is 0.143. The summed E-state index contributed by atoms with van der Waals surface area (Å²) in [6.45, 7) is -0.520. The fourth-order valence-corrected chi connectivity index (χ4v) is 0.969. The van der Waals surface area contributed by atoms with Crippen molar-refractivity contribution >= 4 is 11.4 Å². The molecule has 1 N–H and O–H groups in total. The Balaban J connectivity index is 3.27. The highest BCUT2D eigenvalue weighted by molar-refractivity contribution is 5.48. The lowest BCUT2D eigenvalue weighted by atomic mass is 10.2. The zero-order valence-corrected chi connectivity index (χ0v) is 6.91. The average Bonchev–Trinajstić information content (AvgIpc) is 2.16. The summed E-state index contributed by atoms with van der Waals surface area (Å²) in [5.74, 6) is 0. The van der Waals surface area contributed by atoms with Crippen LogP contribution in [0.4, 0.5) is 11.4 Å². The topological polar surface area (TPSA) is 107 Å². The summed E-state index contributed by atoms with van der Waals surface area (Å²) >= 11 is 0. The highest BCUT2D eigenvalue weighted by atomic mass is 16.6. The molecule has 0 amide bonds. The maximum atomic E-state index is 10.4. The Hall–Kier alpha value is -2.02. The zero-order chi connectivity index (χ0) is 10.7. The quantitative estimate of drug-likeness (QED) is 0.575. The van der Waals surface area contributed by atoms with Crippen LogP contribution in [-0.2, 0) is 6.61 Å². The number of aliphatic hydroxyl groups excluding tert-OH is 1. The highest BCUT2D eigenvalue weighted by Gasteiger charge is 2.18. The Bertz CT molecular complexity index is 390. The molecular weight excluding hydrogens is 192 g/mol. The van der Waals surface area contributed by atoms with Crippen molar-refractivity contribution in [1.29, 1.82) is 0 Å². The number of non-ortho nitro benzene ring substituents is 1. The van der Waals surface area contributed by atoms with Crippen molar-refractivity contribution in [3.05, 3.63) is 44.0 Å². The summed E-state index contributed by atoms with van der Waals surface area (Å²) in [5, 5.41) is 29.4. The number of hydrogen-bond acceptors (Lipinski definition) is 5. The van der Waals surface area contributed by atoms with Crippen molar-refractivity contribution in [3.63, 3.8) is 0 Å². The molecule has 7 nitrogen and oxygen atoms in total. The van der Waals surface area contributed by atoms with Gasteiger partial charge in [0.25, 0.3) is 11.4 Å². The van der Waals surface area contributed by atoms with Crippen LogP contribution >= 0.6 is 0 Å². The molecule has 0 saturated carbocycles. The van der Waals surface area contributed by atoms with Crippen LogP contribution in [0.3, 0.4) is 0 Å². The van der Waals surface area contributed by atoms with Gasteiger partial charge in [-0.3, -0.25) is 20.2 Å².